The summed E-state index contributed by atoms with van der Waals surface area (Å²) < 4.78 is 7.28. The molecule has 0 saturated carbocycles. The van der Waals surface area contributed by atoms with Gasteiger partial charge >= 0.3 is 0 Å². The van der Waals surface area contributed by atoms with Gasteiger partial charge in [-0.3, -0.25) is 10.2 Å². The molecular formula is C21H20ClN5O2S. The minimum atomic E-state index is -0.427. The van der Waals surface area contributed by atoms with Gasteiger partial charge in [-0.15, -0.1) is 0 Å². The lowest BCUT2D eigenvalue weighted by Crippen LogP contribution is -2.35. The Hall–Kier alpha value is -2.84. The van der Waals surface area contributed by atoms with Crippen molar-refractivity contribution >= 4 is 51.4 Å². The van der Waals surface area contributed by atoms with E-state index in [-0.39, 0.29) is 11.4 Å². The van der Waals surface area contributed by atoms with Crippen LogP contribution in [0.3, 0.4) is 0 Å². The zero-order chi connectivity index (χ0) is 21.6. The molecule has 3 heterocycles. The highest BCUT2D eigenvalue weighted by atomic mass is 35.5. The van der Waals surface area contributed by atoms with E-state index in [1.165, 1.54) is 16.8 Å². The van der Waals surface area contributed by atoms with Gasteiger partial charge in [0.1, 0.15) is 10.8 Å². The number of aromatic nitrogens is 1. The second-order valence-corrected chi connectivity index (χ2v) is 8.30. The zero-order valence-electron chi connectivity index (χ0n) is 17.0. The fraction of sp³-hybridized carbons (Fsp3) is 0.238. The van der Waals surface area contributed by atoms with Gasteiger partial charge in [0, 0.05) is 17.1 Å². The van der Waals surface area contributed by atoms with E-state index in [0.717, 1.165) is 34.1 Å². The Balaban J connectivity index is 1.74. The van der Waals surface area contributed by atoms with E-state index >= 15 is 0 Å². The number of thioether (sulfide) groups is 1. The van der Waals surface area contributed by atoms with Gasteiger partial charge in [-0.2, -0.15) is 15.1 Å². The molecule has 1 amide bonds. The van der Waals surface area contributed by atoms with Gasteiger partial charge in [0.05, 0.1) is 17.7 Å². The Morgan fingerprint density at radius 1 is 1.30 bits per heavy atom. The van der Waals surface area contributed by atoms with Crippen LogP contribution in [0, 0.1) is 19.3 Å². The highest BCUT2D eigenvalue weighted by Crippen LogP contribution is 2.32. The first kappa shape index (κ1) is 20.4. The van der Waals surface area contributed by atoms with Crippen molar-refractivity contribution in [1.29, 1.82) is 5.41 Å². The number of aliphatic imine (C=N–C) groups is 1. The summed E-state index contributed by atoms with van der Waals surface area (Å²) >= 11 is 7.63. The van der Waals surface area contributed by atoms with Gasteiger partial charge in [-0.1, -0.05) is 18.5 Å². The fourth-order valence-corrected chi connectivity index (χ4v) is 4.53. The Kier molecular flexibility index (Phi) is 5.29. The number of nitrogens with zero attached hydrogens (tertiary/aromatic N) is 4. The average molecular weight is 442 g/mol. The van der Waals surface area contributed by atoms with E-state index in [4.69, 9.17) is 21.7 Å². The number of carbonyl (C=O) groups is 1. The van der Waals surface area contributed by atoms with Crippen molar-refractivity contribution in [1.82, 2.24) is 9.58 Å². The standard InChI is InChI=1S/C21H20ClN5O2S/c1-5-18-25-27-19(23)15(20(28)24-21(27)30-18)9-13-8-11(2)26(12(13)3)14-6-7-17(29-4)16(22)10-14/h6-10,23H,5H2,1-4H3. The van der Waals surface area contributed by atoms with Gasteiger partial charge in [0.25, 0.3) is 5.91 Å². The van der Waals surface area contributed by atoms with Crippen LogP contribution in [0.2, 0.25) is 5.02 Å². The third kappa shape index (κ3) is 3.36. The lowest BCUT2D eigenvalue weighted by molar-refractivity contribution is -0.114. The van der Waals surface area contributed by atoms with Crippen molar-refractivity contribution in [2.45, 2.75) is 27.2 Å². The molecule has 2 aromatic rings. The minimum absolute atomic E-state index is 0.0400. The van der Waals surface area contributed by atoms with Crippen molar-refractivity contribution in [3.8, 4) is 11.4 Å². The monoisotopic (exact) mass is 441 g/mol. The number of amides is 1. The molecule has 2 aliphatic rings. The first-order valence-electron chi connectivity index (χ1n) is 9.36. The molecule has 9 heteroatoms. The molecule has 7 nitrogen and oxygen atoms in total. The van der Waals surface area contributed by atoms with Crippen LogP contribution in [0.1, 0.15) is 30.3 Å². The number of hydrogen-bond acceptors (Lipinski definition) is 5. The van der Waals surface area contributed by atoms with Crippen molar-refractivity contribution in [3.05, 3.63) is 51.8 Å². The van der Waals surface area contributed by atoms with Crippen LogP contribution in [0.15, 0.2) is 39.9 Å². The number of carbonyl (C=O) groups excluding carboxylic acids is 1. The molecule has 1 aromatic carbocycles. The predicted octanol–water partition coefficient (Wildman–Crippen LogP) is 4.79. The fourth-order valence-electron chi connectivity index (χ4n) is 3.46. The molecule has 0 atom stereocenters. The quantitative estimate of drug-likeness (QED) is 0.691. The molecule has 0 fully saturated rings. The Bertz CT molecular complexity index is 1180. The second-order valence-electron chi connectivity index (χ2n) is 6.85. The Morgan fingerprint density at radius 3 is 2.73 bits per heavy atom. The number of methoxy groups -OCH3 is 1. The number of aryl methyl sites for hydroxylation is 1. The van der Waals surface area contributed by atoms with Gasteiger partial charge < -0.3 is 9.30 Å². The summed E-state index contributed by atoms with van der Waals surface area (Å²) in [6.45, 7) is 5.92. The number of halogens is 1. The molecule has 1 N–H and O–H groups in total. The third-order valence-corrected chi connectivity index (χ3v) is 6.31. The summed E-state index contributed by atoms with van der Waals surface area (Å²) in [6.07, 6.45) is 2.44. The average Bonchev–Trinajstić information content (AvgIpc) is 3.25. The SMILES string of the molecule is CCC1=NN2C(=N)C(=Cc3cc(C)n(-c4ccc(OC)c(Cl)c4)c3C)C(=O)N=C2S1. The summed E-state index contributed by atoms with van der Waals surface area (Å²) in [5.41, 5.74) is 3.83. The molecular weight excluding hydrogens is 422 g/mol. The molecule has 0 saturated heterocycles. The van der Waals surface area contributed by atoms with Gasteiger partial charge in [0.15, 0.2) is 5.84 Å². The highest BCUT2D eigenvalue weighted by molar-refractivity contribution is 8.26. The Labute approximate surface area is 183 Å². The van der Waals surface area contributed by atoms with Crippen molar-refractivity contribution in [3.63, 3.8) is 0 Å². The smallest absolute Gasteiger partial charge is 0.283 e. The third-order valence-electron chi connectivity index (χ3n) is 4.96. The van der Waals surface area contributed by atoms with Crippen LogP contribution in [0.5, 0.6) is 5.75 Å². The number of hydrogen-bond donors (Lipinski definition) is 1. The summed E-state index contributed by atoms with van der Waals surface area (Å²) in [4.78, 5) is 16.7. The number of rotatable bonds is 4. The summed E-state index contributed by atoms with van der Waals surface area (Å²) in [5, 5.41) is 16.1. The lowest BCUT2D eigenvalue weighted by atomic mass is 10.1. The number of ether oxygens (including phenoxy) is 1. The summed E-state index contributed by atoms with van der Waals surface area (Å²) in [7, 11) is 1.58. The van der Waals surface area contributed by atoms with E-state index in [9.17, 15) is 4.79 Å². The number of hydrazone groups is 1. The largest absolute Gasteiger partial charge is 0.495 e. The molecule has 154 valence electrons. The van der Waals surface area contributed by atoms with Gasteiger partial charge in [-0.25, -0.2) is 0 Å². The predicted molar refractivity (Wildman–Crippen MR) is 122 cm³/mol. The molecule has 4 rings (SSSR count). The maximum Gasteiger partial charge on any atom is 0.283 e. The van der Waals surface area contributed by atoms with Crippen molar-refractivity contribution in [2.75, 3.05) is 7.11 Å². The van der Waals surface area contributed by atoms with Crippen LogP contribution in [0.25, 0.3) is 11.8 Å². The molecule has 2 aliphatic heterocycles. The Morgan fingerprint density at radius 2 is 2.07 bits per heavy atom. The molecule has 0 aliphatic carbocycles. The first-order valence-corrected chi connectivity index (χ1v) is 10.6. The summed E-state index contributed by atoms with van der Waals surface area (Å²) in [6, 6.07) is 7.55. The number of amidine groups is 2. The van der Waals surface area contributed by atoms with Crippen LogP contribution >= 0.6 is 23.4 Å². The van der Waals surface area contributed by atoms with Crippen molar-refractivity contribution in [2.24, 2.45) is 10.1 Å². The van der Waals surface area contributed by atoms with E-state index in [1.807, 2.05) is 49.6 Å². The van der Waals surface area contributed by atoms with Gasteiger partial charge in [-0.05, 0) is 67.9 Å². The van der Waals surface area contributed by atoms with E-state index < -0.39 is 5.91 Å². The minimum Gasteiger partial charge on any atom is -0.495 e. The molecule has 0 unspecified atom stereocenters. The first-order chi connectivity index (χ1) is 14.3. The van der Waals surface area contributed by atoms with Gasteiger partial charge in [0.2, 0.25) is 5.17 Å². The van der Waals surface area contributed by atoms with Crippen LogP contribution in [-0.2, 0) is 4.79 Å². The topological polar surface area (TPSA) is 83.0 Å². The van der Waals surface area contributed by atoms with Crippen LogP contribution < -0.4 is 4.74 Å². The maximum atomic E-state index is 12.6. The van der Waals surface area contributed by atoms with E-state index in [0.29, 0.717) is 15.9 Å². The number of fused-ring (bicyclic) bond motifs is 1. The van der Waals surface area contributed by atoms with E-state index in [1.54, 1.807) is 13.2 Å². The lowest BCUT2D eigenvalue weighted by Gasteiger charge is -2.20. The van der Waals surface area contributed by atoms with Crippen LogP contribution in [0.4, 0.5) is 0 Å². The zero-order valence-corrected chi connectivity index (χ0v) is 18.6. The maximum absolute atomic E-state index is 12.6. The molecule has 30 heavy (non-hydrogen) atoms. The molecule has 0 bridgehead atoms. The normalized spacial score (nSPS) is 17.4. The highest BCUT2D eigenvalue weighted by Gasteiger charge is 2.35. The van der Waals surface area contributed by atoms with Crippen LogP contribution in [-0.4, -0.2) is 38.6 Å². The second kappa shape index (κ2) is 7.77. The molecule has 0 spiro atoms. The molecule has 0 radical (unpaired) electrons. The number of nitrogens with one attached hydrogen (secondary N) is 1. The molecule has 1 aromatic heterocycles. The van der Waals surface area contributed by atoms with E-state index in [2.05, 4.69) is 10.1 Å². The number of benzene rings is 1. The van der Waals surface area contributed by atoms with Crippen molar-refractivity contribution < 1.29 is 9.53 Å². The summed E-state index contributed by atoms with van der Waals surface area (Å²) in [5.74, 6) is 0.220.